The second-order valence-electron chi connectivity index (χ2n) is 8.76. The second kappa shape index (κ2) is 7.95. The summed E-state index contributed by atoms with van der Waals surface area (Å²) in [5.74, 6) is -0.983. The van der Waals surface area contributed by atoms with Crippen LogP contribution in [0.4, 0.5) is 0 Å². The van der Waals surface area contributed by atoms with Gasteiger partial charge in [-0.2, -0.15) is 0 Å². The van der Waals surface area contributed by atoms with Crippen molar-refractivity contribution in [3.05, 3.63) is 0 Å². The highest BCUT2D eigenvalue weighted by molar-refractivity contribution is 5.75. The highest BCUT2D eigenvalue weighted by Crippen LogP contribution is 2.55. The lowest BCUT2D eigenvalue weighted by atomic mass is 9.58. The SMILES string of the molecule is CCC(=O)NCCOC1OC2OC(C)(O)CCC3C(C)CCC(C1C)C23O. The molecule has 156 valence electrons. The lowest BCUT2D eigenvalue weighted by Gasteiger charge is -2.57. The van der Waals surface area contributed by atoms with Crippen LogP contribution in [0, 0.1) is 23.7 Å². The van der Waals surface area contributed by atoms with E-state index in [1.54, 1.807) is 13.8 Å². The van der Waals surface area contributed by atoms with Gasteiger partial charge in [0.2, 0.25) is 5.91 Å². The highest BCUT2D eigenvalue weighted by Gasteiger charge is 2.63. The Morgan fingerprint density at radius 1 is 1.22 bits per heavy atom. The topological polar surface area (TPSA) is 97.3 Å². The van der Waals surface area contributed by atoms with Crippen LogP contribution < -0.4 is 5.32 Å². The van der Waals surface area contributed by atoms with E-state index in [2.05, 4.69) is 12.2 Å². The van der Waals surface area contributed by atoms with Crippen LogP contribution in [-0.2, 0) is 19.0 Å². The number of hydrogen-bond donors (Lipinski definition) is 3. The zero-order chi connectivity index (χ0) is 19.8. The third-order valence-corrected chi connectivity index (χ3v) is 6.81. The summed E-state index contributed by atoms with van der Waals surface area (Å²) < 4.78 is 17.8. The summed E-state index contributed by atoms with van der Waals surface area (Å²) in [5.41, 5.74) is -1.12. The number of aliphatic hydroxyl groups is 2. The summed E-state index contributed by atoms with van der Waals surface area (Å²) in [7, 11) is 0. The molecule has 2 saturated heterocycles. The minimum Gasteiger partial charge on any atom is -0.384 e. The summed E-state index contributed by atoms with van der Waals surface area (Å²) >= 11 is 0. The monoisotopic (exact) mass is 385 g/mol. The Labute approximate surface area is 161 Å². The van der Waals surface area contributed by atoms with E-state index >= 15 is 0 Å². The van der Waals surface area contributed by atoms with E-state index in [4.69, 9.17) is 14.2 Å². The molecule has 27 heavy (non-hydrogen) atoms. The van der Waals surface area contributed by atoms with Crippen LogP contribution >= 0.6 is 0 Å². The van der Waals surface area contributed by atoms with E-state index in [1.165, 1.54) is 0 Å². The molecule has 2 aliphatic heterocycles. The van der Waals surface area contributed by atoms with Gasteiger partial charge in [-0.3, -0.25) is 4.79 Å². The first-order chi connectivity index (χ1) is 12.7. The fourth-order valence-corrected chi connectivity index (χ4v) is 5.22. The maximum Gasteiger partial charge on any atom is 0.219 e. The van der Waals surface area contributed by atoms with Crippen LogP contribution in [-0.4, -0.2) is 53.2 Å². The number of ether oxygens (including phenoxy) is 3. The predicted octanol–water partition coefficient (Wildman–Crippen LogP) is 1.76. The Morgan fingerprint density at radius 2 is 1.96 bits per heavy atom. The molecule has 0 aromatic heterocycles. The molecule has 0 spiro atoms. The minimum atomic E-state index is -1.33. The Hall–Kier alpha value is -0.730. The largest absolute Gasteiger partial charge is 0.384 e. The summed E-state index contributed by atoms with van der Waals surface area (Å²) in [6.45, 7) is 8.39. The van der Waals surface area contributed by atoms with Gasteiger partial charge in [0.05, 0.1) is 6.61 Å². The number of rotatable bonds is 5. The molecule has 3 rings (SSSR count). The average Bonchev–Trinajstić information content (AvgIpc) is 2.71. The van der Waals surface area contributed by atoms with Crippen LogP contribution in [0.15, 0.2) is 0 Å². The molecule has 0 bridgehead atoms. The van der Waals surface area contributed by atoms with Gasteiger partial charge in [-0.25, -0.2) is 0 Å². The molecule has 8 atom stereocenters. The van der Waals surface area contributed by atoms with Gasteiger partial charge in [-0.15, -0.1) is 0 Å². The van der Waals surface area contributed by atoms with Crippen molar-refractivity contribution in [1.82, 2.24) is 5.32 Å². The Balaban J connectivity index is 1.74. The van der Waals surface area contributed by atoms with E-state index in [0.29, 0.717) is 38.3 Å². The van der Waals surface area contributed by atoms with E-state index in [0.717, 1.165) is 12.8 Å². The zero-order valence-electron chi connectivity index (χ0n) is 16.9. The normalized spacial score (nSPS) is 47.0. The van der Waals surface area contributed by atoms with Crippen LogP contribution in [0.25, 0.3) is 0 Å². The first kappa shape index (κ1) is 21.0. The van der Waals surface area contributed by atoms with Gasteiger partial charge in [-0.1, -0.05) is 20.8 Å². The molecule has 1 aliphatic carbocycles. The Kier molecular flexibility index (Phi) is 6.18. The van der Waals surface area contributed by atoms with Crippen molar-refractivity contribution < 1.29 is 29.2 Å². The van der Waals surface area contributed by atoms with Crippen molar-refractivity contribution in [2.24, 2.45) is 23.7 Å². The van der Waals surface area contributed by atoms with Crippen LogP contribution in [0.5, 0.6) is 0 Å². The van der Waals surface area contributed by atoms with Crippen LogP contribution in [0.3, 0.4) is 0 Å². The fraction of sp³-hybridized carbons (Fsp3) is 0.950. The van der Waals surface area contributed by atoms with Crippen molar-refractivity contribution in [2.75, 3.05) is 13.2 Å². The summed E-state index contributed by atoms with van der Waals surface area (Å²) in [6.07, 6.45) is 2.09. The minimum absolute atomic E-state index is 0.00484. The molecule has 3 aliphatic rings. The third kappa shape index (κ3) is 4.03. The zero-order valence-corrected chi connectivity index (χ0v) is 16.9. The summed E-state index contributed by atoms with van der Waals surface area (Å²) in [4.78, 5) is 11.4. The number of nitrogens with one attached hydrogen (secondary N) is 1. The molecule has 0 radical (unpaired) electrons. The maximum atomic E-state index is 11.7. The molecule has 7 nitrogen and oxygen atoms in total. The molecule has 0 aromatic rings. The van der Waals surface area contributed by atoms with Gasteiger partial charge in [0.15, 0.2) is 18.4 Å². The molecule has 1 amide bonds. The van der Waals surface area contributed by atoms with E-state index < -0.39 is 24.0 Å². The predicted molar refractivity (Wildman–Crippen MR) is 98.3 cm³/mol. The number of hydrogen-bond acceptors (Lipinski definition) is 6. The smallest absolute Gasteiger partial charge is 0.219 e. The van der Waals surface area contributed by atoms with Crippen LogP contribution in [0.1, 0.15) is 59.8 Å². The fourth-order valence-electron chi connectivity index (χ4n) is 5.22. The first-order valence-corrected chi connectivity index (χ1v) is 10.4. The molecule has 3 N–H and O–H groups in total. The van der Waals surface area contributed by atoms with Crippen molar-refractivity contribution in [2.45, 2.75) is 83.8 Å². The van der Waals surface area contributed by atoms with Crippen molar-refractivity contribution in [3.8, 4) is 0 Å². The van der Waals surface area contributed by atoms with Gasteiger partial charge in [0, 0.05) is 31.2 Å². The van der Waals surface area contributed by atoms with Gasteiger partial charge in [0.1, 0.15) is 5.60 Å². The average molecular weight is 386 g/mol. The lowest BCUT2D eigenvalue weighted by Crippen LogP contribution is -2.67. The molecule has 0 aromatic carbocycles. The molecule has 8 unspecified atom stereocenters. The molecule has 7 heteroatoms. The summed E-state index contributed by atoms with van der Waals surface area (Å²) in [6, 6.07) is 0. The van der Waals surface area contributed by atoms with E-state index in [1.807, 2.05) is 6.92 Å². The molecular weight excluding hydrogens is 350 g/mol. The molecule has 1 saturated carbocycles. The van der Waals surface area contributed by atoms with Gasteiger partial charge < -0.3 is 29.7 Å². The van der Waals surface area contributed by atoms with Crippen LogP contribution in [0.2, 0.25) is 0 Å². The second-order valence-corrected chi connectivity index (χ2v) is 8.76. The number of carbonyl (C=O) groups is 1. The molecule has 2 heterocycles. The van der Waals surface area contributed by atoms with E-state index in [-0.39, 0.29) is 23.7 Å². The standard InChI is InChI=1S/C20H35NO6/c1-5-16(22)21-10-11-25-17-13(3)15-7-6-12(2)14-8-9-19(4,23)27-18(26-17)20(14,15)24/h12-15,17-18,23-24H,5-11H2,1-4H3,(H,21,22). The highest BCUT2D eigenvalue weighted by atomic mass is 16.8. The molecular formula is C20H35NO6. The van der Waals surface area contributed by atoms with Gasteiger partial charge in [-0.05, 0) is 38.0 Å². The lowest BCUT2D eigenvalue weighted by molar-refractivity contribution is -0.407. The first-order valence-electron chi connectivity index (χ1n) is 10.4. The Bertz CT molecular complexity index is 541. The van der Waals surface area contributed by atoms with Crippen molar-refractivity contribution in [1.29, 1.82) is 0 Å². The van der Waals surface area contributed by atoms with Gasteiger partial charge >= 0.3 is 0 Å². The van der Waals surface area contributed by atoms with Gasteiger partial charge in [0.25, 0.3) is 0 Å². The number of amides is 1. The molecule has 3 fully saturated rings. The van der Waals surface area contributed by atoms with Crippen molar-refractivity contribution in [3.63, 3.8) is 0 Å². The quantitative estimate of drug-likeness (QED) is 0.624. The number of carbonyl (C=O) groups excluding carboxylic acids is 1. The van der Waals surface area contributed by atoms with E-state index in [9.17, 15) is 15.0 Å². The van der Waals surface area contributed by atoms with Crippen molar-refractivity contribution >= 4 is 5.91 Å². The summed E-state index contributed by atoms with van der Waals surface area (Å²) in [5, 5.41) is 25.1. The third-order valence-electron chi connectivity index (χ3n) is 6.81. The maximum absolute atomic E-state index is 11.7. The Morgan fingerprint density at radius 3 is 2.67 bits per heavy atom.